The molecule has 1 saturated carbocycles. The lowest BCUT2D eigenvalue weighted by molar-refractivity contribution is 0.0694. The van der Waals surface area contributed by atoms with Crippen molar-refractivity contribution < 1.29 is 18.7 Å². The molecule has 0 amide bonds. The third kappa shape index (κ3) is 2.35. The summed E-state index contributed by atoms with van der Waals surface area (Å²) in [5.74, 6) is -2.51. The van der Waals surface area contributed by atoms with Gasteiger partial charge in [0.25, 0.3) is 0 Å². The topological polar surface area (TPSA) is 65.8 Å². The average molecular weight is 401 g/mol. The maximum Gasteiger partial charge on any atom is 0.341 e. The molecule has 29 heavy (non-hydrogen) atoms. The normalized spacial score (nSPS) is 28.5. The predicted molar refractivity (Wildman–Crippen MR) is 103 cm³/mol. The van der Waals surface area contributed by atoms with Crippen molar-refractivity contribution in [1.82, 2.24) is 9.47 Å². The van der Waals surface area contributed by atoms with Crippen molar-refractivity contribution in [3.8, 4) is 0 Å². The van der Waals surface area contributed by atoms with Crippen molar-refractivity contribution >= 4 is 22.6 Å². The molecule has 1 aromatic carbocycles. The SMILES string of the molecule is O=C(O)c1cn(C2CC2)c2c(F)c(N3CC4CC5CCN5C4C3)c(F)cc2c1=O. The lowest BCUT2D eigenvalue weighted by atomic mass is 10.0. The van der Waals surface area contributed by atoms with Crippen LogP contribution >= 0.6 is 0 Å². The summed E-state index contributed by atoms with van der Waals surface area (Å²) in [5, 5.41) is 9.15. The van der Waals surface area contributed by atoms with Crippen molar-refractivity contribution in [2.45, 2.75) is 43.8 Å². The Morgan fingerprint density at radius 2 is 1.93 bits per heavy atom. The van der Waals surface area contributed by atoms with E-state index in [1.165, 1.54) is 17.2 Å². The summed E-state index contributed by atoms with van der Waals surface area (Å²) in [7, 11) is 0. The molecule has 4 heterocycles. The van der Waals surface area contributed by atoms with E-state index >= 15 is 8.78 Å². The Hall–Kier alpha value is -2.48. The van der Waals surface area contributed by atoms with Crippen LogP contribution in [0.5, 0.6) is 0 Å². The van der Waals surface area contributed by atoms with Crippen molar-refractivity contribution in [3.63, 3.8) is 0 Å². The van der Waals surface area contributed by atoms with Crippen LogP contribution in [0.25, 0.3) is 10.9 Å². The molecule has 3 aliphatic heterocycles. The van der Waals surface area contributed by atoms with E-state index in [1.54, 1.807) is 4.90 Å². The van der Waals surface area contributed by atoms with Crippen LogP contribution in [0.2, 0.25) is 0 Å². The molecule has 4 fully saturated rings. The minimum Gasteiger partial charge on any atom is -0.477 e. The average Bonchev–Trinajstić information content (AvgIpc) is 3.37. The summed E-state index contributed by atoms with van der Waals surface area (Å²) in [6, 6.07) is 1.95. The highest BCUT2D eigenvalue weighted by Gasteiger charge is 2.50. The first-order valence-electron chi connectivity index (χ1n) is 10.2. The molecule has 6 nitrogen and oxygen atoms in total. The summed E-state index contributed by atoms with van der Waals surface area (Å²) in [6.07, 6.45) is 5.08. The van der Waals surface area contributed by atoms with Gasteiger partial charge in [-0.05, 0) is 37.7 Å². The molecule has 8 heteroatoms. The third-order valence-electron chi connectivity index (χ3n) is 7.27. The molecule has 1 N–H and O–H groups in total. The number of aromatic nitrogens is 1. The van der Waals surface area contributed by atoms with Crippen LogP contribution in [0.3, 0.4) is 0 Å². The third-order valence-corrected chi connectivity index (χ3v) is 7.27. The molecule has 4 aliphatic rings. The van der Waals surface area contributed by atoms with Gasteiger partial charge in [-0.15, -0.1) is 0 Å². The van der Waals surface area contributed by atoms with Crippen LogP contribution in [-0.4, -0.2) is 52.3 Å². The molecule has 6 rings (SSSR count). The Labute approximate surface area is 165 Å². The number of pyridine rings is 1. The van der Waals surface area contributed by atoms with Gasteiger partial charge in [-0.25, -0.2) is 13.6 Å². The van der Waals surface area contributed by atoms with Gasteiger partial charge in [-0.1, -0.05) is 0 Å². The minimum atomic E-state index is -1.38. The molecule has 0 radical (unpaired) electrons. The maximum absolute atomic E-state index is 15.7. The number of aromatic carboxylic acids is 1. The predicted octanol–water partition coefficient (Wildman–Crippen LogP) is 2.60. The lowest BCUT2D eigenvalue weighted by Gasteiger charge is -2.39. The number of nitrogens with zero attached hydrogens (tertiary/aromatic N) is 3. The summed E-state index contributed by atoms with van der Waals surface area (Å²) in [5.41, 5.74) is -1.34. The molecule has 2 aromatic rings. The number of halogens is 2. The molecule has 3 atom stereocenters. The molecule has 1 aromatic heterocycles. The number of carboxylic acid groups (broad SMARTS) is 1. The van der Waals surface area contributed by atoms with E-state index in [9.17, 15) is 14.7 Å². The first-order valence-corrected chi connectivity index (χ1v) is 10.2. The zero-order valence-electron chi connectivity index (χ0n) is 15.8. The van der Waals surface area contributed by atoms with E-state index in [-0.39, 0.29) is 22.6 Å². The standard InChI is InChI=1S/C21H21F2N3O3/c22-15-6-13-18(26(11-1-2-11)8-14(20(13)27)21(28)29)17(23)19(15)24-7-10-5-12-3-4-25(12)16(10)9-24/h6,8,10-12,16H,1-5,7,9H2,(H,28,29). The second kappa shape index (κ2) is 5.78. The van der Waals surface area contributed by atoms with Crippen LogP contribution in [0.15, 0.2) is 17.1 Å². The Kier molecular flexibility index (Phi) is 3.47. The number of anilines is 1. The fourth-order valence-corrected chi connectivity index (χ4v) is 5.66. The monoisotopic (exact) mass is 401 g/mol. The molecule has 152 valence electrons. The Morgan fingerprint density at radius 1 is 1.14 bits per heavy atom. The van der Waals surface area contributed by atoms with Gasteiger partial charge in [-0.3, -0.25) is 9.69 Å². The van der Waals surface area contributed by atoms with E-state index in [4.69, 9.17) is 0 Å². The highest BCUT2D eigenvalue weighted by atomic mass is 19.1. The Balaban J connectivity index is 1.50. The van der Waals surface area contributed by atoms with Gasteiger partial charge in [0, 0.05) is 44.0 Å². The Morgan fingerprint density at radius 3 is 2.59 bits per heavy atom. The highest BCUT2D eigenvalue weighted by molar-refractivity contribution is 5.94. The van der Waals surface area contributed by atoms with Crippen molar-refractivity contribution in [1.29, 1.82) is 0 Å². The molecule has 3 saturated heterocycles. The number of hydrogen-bond acceptors (Lipinski definition) is 4. The molecular weight excluding hydrogens is 380 g/mol. The summed E-state index contributed by atoms with van der Waals surface area (Å²) < 4.78 is 32.3. The van der Waals surface area contributed by atoms with Crippen LogP contribution < -0.4 is 10.3 Å². The fraction of sp³-hybridized carbons (Fsp3) is 0.524. The number of benzene rings is 1. The number of carbonyl (C=O) groups is 1. The molecule has 0 bridgehead atoms. The van der Waals surface area contributed by atoms with Gasteiger partial charge in [-0.2, -0.15) is 0 Å². The van der Waals surface area contributed by atoms with Crippen LogP contribution in [0, 0.1) is 17.6 Å². The van der Waals surface area contributed by atoms with Crippen LogP contribution in [0.4, 0.5) is 14.5 Å². The van der Waals surface area contributed by atoms with E-state index in [0.717, 1.165) is 31.9 Å². The molecule has 3 unspecified atom stereocenters. The highest BCUT2D eigenvalue weighted by Crippen LogP contribution is 2.45. The Bertz CT molecular complexity index is 1130. The number of hydrogen-bond donors (Lipinski definition) is 1. The van der Waals surface area contributed by atoms with Crippen molar-refractivity contribution in [3.05, 3.63) is 39.7 Å². The quantitative estimate of drug-likeness (QED) is 0.857. The second-order valence-electron chi connectivity index (χ2n) is 8.88. The van der Waals surface area contributed by atoms with Crippen molar-refractivity contribution in [2.75, 3.05) is 24.5 Å². The smallest absolute Gasteiger partial charge is 0.341 e. The van der Waals surface area contributed by atoms with E-state index in [1.807, 2.05) is 0 Å². The van der Waals surface area contributed by atoms with E-state index in [0.29, 0.717) is 31.1 Å². The number of fused-ring (bicyclic) bond motifs is 4. The maximum atomic E-state index is 15.7. The van der Waals surface area contributed by atoms with Gasteiger partial charge >= 0.3 is 5.97 Å². The zero-order chi connectivity index (χ0) is 20.0. The summed E-state index contributed by atoms with van der Waals surface area (Å²) in [4.78, 5) is 28.3. The van der Waals surface area contributed by atoms with E-state index < -0.39 is 28.6 Å². The van der Waals surface area contributed by atoms with Gasteiger partial charge in [0.05, 0.1) is 10.9 Å². The van der Waals surface area contributed by atoms with E-state index in [2.05, 4.69) is 4.90 Å². The largest absolute Gasteiger partial charge is 0.477 e. The molecular formula is C21H21F2N3O3. The van der Waals surface area contributed by atoms with Gasteiger partial charge in [0.15, 0.2) is 5.82 Å². The lowest BCUT2D eigenvalue weighted by Crippen LogP contribution is -2.49. The number of rotatable bonds is 3. The van der Waals surface area contributed by atoms with Gasteiger partial charge in [0.1, 0.15) is 17.1 Å². The first kappa shape index (κ1) is 17.4. The van der Waals surface area contributed by atoms with Crippen LogP contribution in [0.1, 0.15) is 42.1 Å². The van der Waals surface area contributed by atoms with Gasteiger partial charge < -0.3 is 14.6 Å². The summed E-state index contributed by atoms with van der Waals surface area (Å²) >= 11 is 0. The fourth-order valence-electron chi connectivity index (χ4n) is 5.66. The first-order chi connectivity index (χ1) is 13.9. The molecule has 0 spiro atoms. The second-order valence-corrected chi connectivity index (χ2v) is 8.88. The summed E-state index contributed by atoms with van der Waals surface area (Å²) in [6.45, 7) is 2.25. The molecule has 1 aliphatic carbocycles. The van der Waals surface area contributed by atoms with Crippen LogP contribution in [-0.2, 0) is 0 Å². The van der Waals surface area contributed by atoms with Crippen molar-refractivity contribution in [2.24, 2.45) is 5.92 Å². The van der Waals surface area contributed by atoms with Gasteiger partial charge in [0.2, 0.25) is 5.43 Å². The number of carboxylic acids is 1. The zero-order valence-corrected chi connectivity index (χ0v) is 15.8. The minimum absolute atomic E-state index is 0.0257.